The number of aromatic nitrogens is 2. The monoisotopic (exact) mass is 366 g/mol. The van der Waals surface area contributed by atoms with Crippen LogP contribution in [0.5, 0.6) is 0 Å². The van der Waals surface area contributed by atoms with Gasteiger partial charge in [0.25, 0.3) is 0 Å². The highest BCUT2D eigenvalue weighted by Gasteiger charge is 2.18. The molecule has 3 rings (SSSR count). The number of aldehydes is 1. The van der Waals surface area contributed by atoms with Crippen molar-refractivity contribution < 1.29 is 4.79 Å². The van der Waals surface area contributed by atoms with Crippen molar-refractivity contribution >= 4 is 62.7 Å². The summed E-state index contributed by atoms with van der Waals surface area (Å²) in [5.41, 5.74) is 7.85. The molecule has 0 aliphatic carbocycles. The minimum Gasteiger partial charge on any atom is -0.397 e. The number of anilines is 2. The van der Waals surface area contributed by atoms with E-state index in [2.05, 4.69) is 15.3 Å². The third-order valence-electron chi connectivity index (χ3n) is 3.25. The summed E-state index contributed by atoms with van der Waals surface area (Å²) in [6.07, 6.45) is 0.729. The molecule has 0 unspecified atom stereocenters. The van der Waals surface area contributed by atoms with E-state index in [0.717, 1.165) is 11.8 Å². The van der Waals surface area contributed by atoms with Crippen LogP contribution in [0.4, 0.5) is 11.6 Å². The fourth-order valence-corrected chi connectivity index (χ4v) is 3.42. The number of rotatable bonds is 4. The van der Waals surface area contributed by atoms with Gasteiger partial charge in [-0.2, -0.15) is 0 Å². The number of fused-ring (bicyclic) bond motifs is 1. The van der Waals surface area contributed by atoms with Crippen LogP contribution < -0.4 is 11.1 Å². The molecular formula is C15H12Cl2N4OS. The first-order valence-corrected chi connectivity index (χ1v) is 8.36. The Kier molecular flexibility index (Phi) is 4.39. The Labute approximate surface area is 146 Å². The van der Waals surface area contributed by atoms with Crippen LogP contribution in [0.15, 0.2) is 18.2 Å². The number of benzene rings is 1. The molecular weight excluding hydrogens is 355 g/mol. The van der Waals surface area contributed by atoms with Crippen LogP contribution in [-0.2, 0) is 0 Å². The molecule has 0 saturated carbocycles. The molecule has 0 atom stereocenters. The first-order chi connectivity index (χ1) is 11.0. The van der Waals surface area contributed by atoms with Crippen LogP contribution in [-0.4, -0.2) is 22.8 Å². The molecule has 0 aliphatic heterocycles. The minimum atomic E-state index is 0.379. The first-order valence-electron chi connectivity index (χ1n) is 6.79. The summed E-state index contributed by atoms with van der Waals surface area (Å²) in [7, 11) is 0. The Bertz CT molecular complexity index is 910. The highest BCUT2D eigenvalue weighted by atomic mass is 35.5. The van der Waals surface area contributed by atoms with Crippen LogP contribution in [0.2, 0.25) is 10.0 Å². The van der Waals surface area contributed by atoms with Crippen molar-refractivity contribution in [1.82, 2.24) is 9.97 Å². The molecule has 2 heterocycles. The Morgan fingerprint density at radius 3 is 2.74 bits per heavy atom. The maximum atomic E-state index is 11.2. The highest BCUT2D eigenvalue weighted by Crippen LogP contribution is 2.39. The third-order valence-corrected chi connectivity index (χ3v) is 5.02. The molecule has 1 aromatic carbocycles. The fraction of sp³-hybridized carbons (Fsp3) is 0.133. The van der Waals surface area contributed by atoms with Gasteiger partial charge in [-0.05, 0) is 19.1 Å². The van der Waals surface area contributed by atoms with Crippen LogP contribution in [0.3, 0.4) is 0 Å². The second kappa shape index (κ2) is 6.31. The lowest BCUT2D eigenvalue weighted by atomic mass is 10.1. The number of carbonyl (C=O) groups is 1. The Morgan fingerprint density at radius 1 is 1.30 bits per heavy atom. The van der Waals surface area contributed by atoms with Crippen molar-refractivity contribution in [2.24, 2.45) is 0 Å². The van der Waals surface area contributed by atoms with Crippen LogP contribution in [0.25, 0.3) is 21.5 Å². The van der Waals surface area contributed by atoms with Gasteiger partial charge in [0.2, 0.25) is 5.95 Å². The van der Waals surface area contributed by atoms with E-state index in [1.54, 1.807) is 12.1 Å². The molecule has 118 valence electrons. The van der Waals surface area contributed by atoms with E-state index in [0.29, 0.717) is 49.0 Å². The Morgan fingerprint density at radius 2 is 2.09 bits per heavy atom. The molecule has 0 saturated heterocycles. The van der Waals surface area contributed by atoms with Crippen molar-refractivity contribution in [3.63, 3.8) is 0 Å². The Hall–Kier alpha value is -1.89. The quantitative estimate of drug-likeness (QED) is 0.664. The second-order valence-corrected chi connectivity index (χ2v) is 6.58. The van der Waals surface area contributed by atoms with Gasteiger partial charge in [-0.15, -0.1) is 11.3 Å². The van der Waals surface area contributed by atoms with Gasteiger partial charge in [-0.3, -0.25) is 4.79 Å². The smallest absolute Gasteiger partial charge is 0.224 e. The molecule has 0 fully saturated rings. The van der Waals surface area contributed by atoms with E-state index in [4.69, 9.17) is 28.9 Å². The predicted molar refractivity (Wildman–Crippen MR) is 96.8 cm³/mol. The van der Waals surface area contributed by atoms with E-state index >= 15 is 0 Å². The van der Waals surface area contributed by atoms with Crippen molar-refractivity contribution in [2.75, 3.05) is 17.6 Å². The molecule has 0 bridgehead atoms. The van der Waals surface area contributed by atoms with E-state index in [1.807, 2.05) is 13.0 Å². The first kappa shape index (κ1) is 16.0. The largest absolute Gasteiger partial charge is 0.397 e. The zero-order valence-electron chi connectivity index (χ0n) is 12.1. The number of halogens is 2. The van der Waals surface area contributed by atoms with Crippen LogP contribution >= 0.6 is 34.5 Å². The SMILES string of the molecule is CCNc1nc(-c2ccc(Cl)c(Cl)c2)c2c(N)c(C=O)sc2n1. The maximum absolute atomic E-state index is 11.2. The van der Waals surface area contributed by atoms with Gasteiger partial charge in [0, 0.05) is 12.1 Å². The standard InChI is InChI=1S/C15H12Cl2N4OS/c1-2-19-15-20-13(7-3-4-8(16)9(17)5-7)11-12(18)10(6-22)23-14(11)21-15/h3-6H,2,18H2,1H3,(H,19,20,21). The summed E-state index contributed by atoms with van der Waals surface area (Å²) >= 11 is 13.3. The van der Waals surface area contributed by atoms with E-state index in [1.165, 1.54) is 11.3 Å². The summed E-state index contributed by atoms with van der Waals surface area (Å²) in [4.78, 5) is 21.2. The zero-order valence-corrected chi connectivity index (χ0v) is 14.4. The average molecular weight is 367 g/mol. The molecule has 0 radical (unpaired) electrons. The van der Waals surface area contributed by atoms with E-state index in [9.17, 15) is 4.79 Å². The Balaban J connectivity index is 2.33. The predicted octanol–water partition coefficient (Wildman–Crippen LogP) is 4.49. The molecule has 0 aliphatic rings. The van der Waals surface area contributed by atoms with Gasteiger partial charge in [0.15, 0.2) is 6.29 Å². The summed E-state index contributed by atoms with van der Waals surface area (Å²) in [6.45, 7) is 2.62. The average Bonchev–Trinajstić information content (AvgIpc) is 2.86. The number of nitrogen functional groups attached to an aromatic ring is 1. The number of hydrogen-bond donors (Lipinski definition) is 2. The summed E-state index contributed by atoms with van der Waals surface area (Å²) in [5, 5.41) is 4.61. The van der Waals surface area contributed by atoms with Gasteiger partial charge < -0.3 is 11.1 Å². The maximum Gasteiger partial charge on any atom is 0.224 e. The van der Waals surface area contributed by atoms with Gasteiger partial charge in [0.05, 0.1) is 31.7 Å². The lowest BCUT2D eigenvalue weighted by molar-refractivity contribution is 0.112. The number of nitrogens with two attached hydrogens (primary N) is 1. The number of thiophene rings is 1. The fourth-order valence-electron chi connectivity index (χ4n) is 2.22. The third kappa shape index (κ3) is 2.85. The lowest BCUT2D eigenvalue weighted by Crippen LogP contribution is -2.03. The lowest BCUT2D eigenvalue weighted by Gasteiger charge is -2.08. The normalized spacial score (nSPS) is 10.9. The molecule has 8 heteroatoms. The van der Waals surface area contributed by atoms with Crippen molar-refractivity contribution in [3.05, 3.63) is 33.1 Å². The summed E-state index contributed by atoms with van der Waals surface area (Å²) in [6, 6.07) is 5.23. The van der Waals surface area contributed by atoms with Gasteiger partial charge in [-0.25, -0.2) is 9.97 Å². The zero-order chi connectivity index (χ0) is 16.6. The van der Waals surface area contributed by atoms with Gasteiger partial charge in [-0.1, -0.05) is 29.3 Å². The number of nitrogens with zero attached hydrogens (tertiary/aromatic N) is 2. The molecule has 3 N–H and O–H groups in total. The van der Waals surface area contributed by atoms with E-state index < -0.39 is 0 Å². The minimum absolute atomic E-state index is 0.379. The van der Waals surface area contributed by atoms with E-state index in [-0.39, 0.29) is 0 Å². The topological polar surface area (TPSA) is 80.9 Å². The second-order valence-electron chi connectivity index (χ2n) is 4.73. The molecule has 23 heavy (non-hydrogen) atoms. The number of carbonyl (C=O) groups excluding carboxylic acids is 1. The van der Waals surface area contributed by atoms with Crippen molar-refractivity contribution in [3.8, 4) is 11.3 Å². The summed E-state index contributed by atoms with van der Waals surface area (Å²) in [5.74, 6) is 0.472. The van der Waals surface area contributed by atoms with Crippen LogP contribution in [0, 0.1) is 0 Å². The molecule has 0 amide bonds. The van der Waals surface area contributed by atoms with Crippen molar-refractivity contribution in [2.45, 2.75) is 6.92 Å². The highest BCUT2D eigenvalue weighted by molar-refractivity contribution is 7.21. The number of nitrogens with one attached hydrogen (secondary N) is 1. The van der Waals surface area contributed by atoms with Gasteiger partial charge in [0.1, 0.15) is 4.83 Å². The molecule has 5 nitrogen and oxygen atoms in total. The van der Waals surface area contributed by atoms with Gasteiger partial charge >= 0.3 is 0 Å². The van der Waals surface area contributed by atoms with Crippen molar-refractivity contribution in [1.29, 1.82) is 0 Å². The molecule has 2 aromatic heterocycles. The summed E-state index contributed by atoms with van der Waals surface area (Å²) < 4.78 is 0. The molecule has 3 aromatic rings. The van der Waals surface area contributed by atoms with Crippen LogP contribution in [0.1, 0.15) is 16.6 Å². The number of hydrogen-bond acceptors (Lipinski definition) is 6. The molecule has 0 spiro atoms.